The van der Waals surface area contributed by atoms with Crippen molar-refractivity contribution in [3.05, 3.63) is 66.7 Å². The SMILES string of the molecule is O=C(Nc1ccc(OC(F)(F)F)cc1)Nc1cccc2ccccc12. The second-order valence-electron chi connectivity index (χ2n) is 5.18. The van der Waals surface area contributed by atoms with E-state index >= 15 is 0 Å². The highest BCUT2D eigenvalue weighted by molar-refractivity contribution is 6.06. The maximum Gasteiger partial charge on any atom is 0.573 e. The van der Waals surface area contributed by atoms with Crippen LogP contribution in [0.4, 0.5) is 29.3 Å². The standard InChI is InChI=1S/C18H13F3N2O2/c19-18(20,21)25-14-10-8-13(9-11-14)22-17(24)23-16-7-3-5-12-4-1-2-6-15(12)16/h1-11H,(H2,22,23,24). The molecule has 3 rings (SSSR count). The summed E-state index contributed by atoms with van der Waals surface area (Å²) in [5.41, 5.74) is 0.972. The van der Waals surface area contributed by atoms with Crippen LogP contribution in [0.2, 0.25) is 0 Å². The minimum atomic E-state index is -4.75. The second kappa shape index (κ2) is 6.72. The average molecular weight is 346 g/mol. The van der Waals surface area contributed by atoms with Gasteiger partial charge in [-0.15, -0.1) is 13.2 Å². The molecule has 2 amide bonds. The third kappa shape index (κ3) is 4.41. The number of hydrogen-bond acceptors (Lipinski definition) is 2. The summed E-state index contributed by atoms with van der Waals surface area (Å²) in [6.45, 7) is 0. The Balaban J connectivity index is 1.68. The van der Waals surface area contributed by atoms with Gasteiger partial charge in [-0.05, 0) is 35.7 Å². The van der Waals surface area contributed by atoms with E-state index in [1.807, 2.05) is 36.4 Å². The maximum atomic E-state index is 12.1. The summed E-state index contributed by atoms with van der Waals surface area (Å²) in [5.74, 6) is -0.354. The van der Waals surface area contributed by atoms with Gasteiger partial charge in [0.05, 0.1) is 5.69 Å². The number of fused-ring (bicyclic) bond motifs is 1. The van der Waals surface area contributed by atoms with Crippen molar-refractivity contribution in [2.45, 2.75) is 6.36 Å². The van der Waals surface area contributed by atoms with Crippen molar-refractivity contribution in [3.8, 4) is 5.75 Å². The highest BCUT2D eigenvalue weighted by Crippen LogP contribution is 2.25. The van der Waals surface area contributed by atoms with Gasteiger partial charge in [-0.2, -0.15) is 0 Å². The van der Waals surface area contributed by atoms with E-state index in [-0.39, 0.29) is 5.75 Å². The lowest BCUT2D eigenvalue weighted by Crippen LogP contribution is -2.20. The molecule has 4 nitrogen and oxygen atoms in total. The van der Waals surface area contributed by atoms with E-state index in [2.05, 4.69) is 15.4 Å². The first kappa shape index (κ1) is 16.6. The highest BCUT2D eigenvalue weighted by atomic mass is 19.4. The molecule has 0 saturated carbocycles. The normalized spacial score (nSPS) is 11.2. The molecule has 0 aliphatic heterocycles. The summed E-state index contributed by atoms with van der Waals surface area (Å²) >= 11 is 0. The van der Waals surface area contributed by atoms with Crippen LogP contribution in [0.3, 0.4) is 0 Å². The van der Waals surface area contributed by atoms with Crippen molar-refractivity contribution in [1.82, 2.24) is 0 Å². The lowest BCUT2D eigenvalue weighted by molar-refractivity contribution is -0.274. The molecular formula is C18H13F3N2O2. The molecule has 0 unspecified atom stereocenters. The zero-order chi connectivity index (χ0) is 17.9. The Kier molecular flexibility index (Phi) is 4.47. The number of urea groups is 1. The minimum absolute atomic E-state index is 0.340. The van der Waals surface area contributed by atoms with E-state index in [0.29, 0.717) is 11.4 Å². The van der Waals surface area contributed by atoms with Gasteiger partial charge in [0.25, 0.3) is 0 Å². The quantitative estimate of drug-likeness (QED) is 0.669. The first-order valence-corrected chi connectivity index (χ1v) is 7.32. The highest BCUT2D eigenvalue weighted by Gasteiger charge is 2.30. The van der Waals surface area contributed by atoms with Gasteiger partial charge in [-0.3, -0.25) is 0 Å². The summed E-state index contributed by atoms with van der Waals surface area (Å²) in [6.07, 6.45) is -4.75. The van der Waals surface area contributed by atoms with Crippen molar-refractivity contribution < 1.29 is 22.7 Å². The molecule has 0 bridgehead atoms. The summed E-state index contributed by atoms with van der Waals surface area (Å²) in [7, 11) is 0. The number of carbonyl (C=O) groups excluding carboxylic acids is 1. The molecule has 25 heavy (non-hydrogen) atoms. The summed E-state index contributed by atoms with van der Waals surface area (Å²) in [5, 5.41) is 7.15. The third-order valence-corrected chi connectivity index (χ3v) is 3.38. The molecule has 7 heteroatoms. The Morgan fingerprint density at radius 2 is 1.52 bits per heavy atom. The molecule has 0 aliphatic carbocycles. The van der Waals surface area contributed by atoms with Crippen LogP contribution in [0.1, 0.15) is 0 Å². The van der Waals surface area contributed by atoms with Gasteiger partial charge in [-0.25, -0.2) is 4.79 Å². The van der Waals surface area contributed by atoms with Crippen LogP contribution < -0.4 is 15.4 Å². The maximum absolute atomic E-state index is 12.1. The fourth-order valence-electron chi connectivity index (χ4n) is 2.36. The average Bonchev–Trinajstić information content (AvgIpc) is 2.56. The van der Waals surface area contributed by atoms with Crippen LogP contribution in [0.25, 0.3) is 10.8 Å². The Bertz CT molecular complexity index is 887. The molecule has 0 atom stereocenters. The first-order chi connectivity index (χ1) is 11.9. The Hall–Kier alpha value is -3.22. The molecule has 0 radical (unpaired) electrons. The number of nitrogens with one attached hydrogen (secondary N) is 2. The molecule has 0 spiro atoms. The number of alkyl halides is 3. The van der Waals surface area contributed by atoms with Gasteiger partial charge in [-0.1, -0.05) is 36.4 Å². The van der Waals surface area contributed by atoms with E-state index in [4.69, 9.17) is 0 Å². The predicted octanol–water partition coefficient (Wildman–Crippen LogP) is 5.38. The Morgan fingerprint density at radius 3 is 2.24 bits per heavy atom. The van der Waals surface area contributed by atoms with E-state index in [9.17, 15) is 18.0 Å². The Labute approximate surface area is 141 Å². The third-order valence-electron chi connectivity index (χ3n) is 3.38. The fourth-order valence-corrected chi connectivity index (χ4v) is 2.36. The number of amides is 2. The molecule has 0 aromatic heterocycles. The number of benzene rings is 3. The number of ether oxygens (including phenoxy) is 1. The molecule has 0 fully saturated rings. The van der Waals surface area contributed by atoms with Crippen LogP contribution in [0.15, 0.2) is 66.7 Å². The first-order valence-electron chi connectivity index (χ1n) is 7.32. The van der Waals surface area contributed by atoms with Gasteiger partial charge in [0.1, 0.15) is 5.75 Å². The zero-order valence-electron chi connectivity index (χ0n) is 12.8. The van der Waals surface area contributed by atoms with Crippen molar-refractivity contribution in [2.75, 3.05) is 10.6 Å². The summed E-state index contributed by atoms with van der Waals surface area (Å²) < 4.78 is 40.1. The van der Waals surface area contributed by atoms with Gasteiger partial charge in [0.15, 0.2) is 0 Å². The van der Waals surface area contributed by atoms with Gasteiger partial charge < -0.3 is 15.4 Å². The van der Waals surface area contributed by atoms with Crippen molar-refractivity contribution in [2.24, 2.45) is 0 Å². The number of halogens is 3. The lowest BCUT2D eigenvalue weighted by atomic mass is 10.1. The summed E-state index contributed by atoms with van der Waals surface area (Å²) in [4.78, 5) is 12.1. The smallest absolute Gasteiger partial charge is 0.406 e. The minimum Gasteiger partial charge on any atom is -0.406 e. The van der Waals surface area contributed by atoms with Crippen molar-refractivity contribution in [3.63, 3.8) is 0 Å². The van der Waals surface area contributed by atoms with E-state index in [0.717, 1.165) is 22.9 Å². The lowest BCUT2D eigenvalue weighted by Gasteiger charge is -2.11. The van der Waals surface area contributed by atoms with Crippen LogP contribution >= 0.6 is 0 Å². The number of rotatable bonds is 3. The monoisotopic (exact) mass is 346 g/mol. The van der Waals surface area contributed by atoms with Gasteiger partial charge in [0, 0.05) is 11.1 Å². The van der Waals surface area contributed by atoms with Crippen LogP contribution in [-0.4, -0.2) is 12.4 Å². The molecule has 2 N–H and O–H groups in total. The van der Waals surface area contributed by atoms with Crippen LogP contribution in [0.5, 0.6) is 5.75 Å². The van der Waals surface area contributed by atoms with E-state index in [1.165, 1.54) is 12.1 Å². The fraction of sp³-hybridized carbons (Fsp3) is 0.0556. The van der Waals surface area contributed by atoms with Crippen molar-refractivity contribution in [1.29, 1.82) is 0 Å². The molecule has 128 valence electrons. The molecule has 3 aromatic carbocycles. The summed E-state index contributed by atoms with van der Waals surface area (Å²) in [6, 6.07) is 17.5. The van der Waals surface area contributed by atoms with E-state index in [1.54, 1.807) is 6.07 Å². The number of anilines is 2. The van der Waals surface area contributed by atoms with Gasteiger partial charge in [0.2, 0.25) is 0 Å². The molecule has 0 aliphatic rings. The largest absolute Gasteiger partial charge is 0.573 e. The number of hydrogen-bond donors (Lipinski definition) is 2. The van der Waals surface area contributed by atoms with E-state index < -0.39 is 12.4 Å². The second-order valence-corrected chi connectivity index (χ2v) is 5.18. The number of carbonyl (C=O) groups is 1. The van der Waals surface area contributed by atoms with Crippen LogP contribution in [-0.2, 0) is 0 Å². The molecule has 0 heterocycles. The molecular weight excluding hydrogens is 333 g/mol. The zero-order valence-corrected chi connectivity index (χ0v) is 12.8. The molecule has 3 aromatic rings. The van der Waals surface area contributed by atoms with Crippen LogP contribution in [0, 0.1) is 0 Å². The Morgan fingerprint density at radius 1 is 0.840 bits per heavy atom. The van der Waals surface area contributed by atoms with Crippen molar-refractivity contribution >= 4 is 28.2 Å². The topological polar surface area (TPSA) is 50.4 Å². The predicted molar refractivity (Wildman–Crippen MR) is 89.7 cm³/mol. The molecule has 0 saturated heterocycles. The van der Waals surface area contributed by atoms with Gasteiger partial charge >= 0.3 is 12.4 Å².